The molecular formula is C18H28O. The van der Waals surface area contributed by atoms with Crippen LogP contribution < -0.4 is 0 Å². The lowest BCUT2D eigenvalue weighted by molar-refractivity contribution is -0.0240. The second kappa shape index (κ2) is 5.66. The first-order chi connectivity index (χ1) is 8.89. The molecule has 2 unspecified atom stereocenters. The van der Waals surface area contributed by atoms with Gasteiger partial charge in [0.2, 0.25) is 0 Å². The maximum absolute atomic E-state index is 11.0. The molecule has 0 radical (unpaired) electrons. The Morgan fingerprint density at radius 1 is 1.32 bits per heavy atom. The predicted molar refractivity (Wildman–Crippen MR) is 81.4 cm³/mol. The minimum atomic E-state index is -0.480. The van der Waals surface area contributed by atoms with E-state index in [2.05, 4.69) is 45.9 Å². The van der Waals surface area contributed by atoms with Crippen LogP contribution in [0.1, 0.15) is 56.2 Å². The normalized spacial score (nSPS) is 27.8. The Labute approximate surface area is 118 Å². The van der Waals surface area contributed by atoms with Crippen molar-refractivity contribution in [3.05, 3.63) is 34.9 Å². The van der Waals surface area contributed by atoms with Gasteiger partial charge in [0, 0.05) is 6.42 Å². The highest BCUT2D eigenvalue weighted by molar-refractivity contribution is 5.31. The second-order valence-corrected chi connectivity index (χ2v) is 6.93. The van der Waals surface area contributed by atoms with Crippen molar-refractivity contribution >= 4 is 0 Å². The van der Waals surface area contributed by atoms with Crippen LogP contribution in [0.25, 0.3) is 0 Å². The Morgan fingerprint density at radius 3 is 2.74 bits per heavy atom. The van der Waals surface area contributed by atoms with Crippen LogP contribution in [0.5, 0.6) is 0 Å². The topological polar surface area (TPSA) is 20.2 Å². The van der Waals surface area contributed by atoms with E-state index in [9.17, 15) is 5.11 Å². The molecule has 0 amide bonds. The van der Waals surface area contributed by atoms with E-state index >= 15 is 0 Å². The maximum atomic E-state index is 11.0. The van der Waals surface area contributed by atoms with Gasteiger partial charge in [-0.05, 0) is 56.1 Å². The van der Waals surface area contributed by atoms with Gasteiger partial charge in [-0.1, -0.05) is 44.0 Å². The van der Waals surface area contributed by atoms with Gasteiger partial charge in [-0.15, -0.1) is 0 Å². The molecule has 1 heteroatoms. The van der Waals surface area contributed by atoms with Gasteiger partial charge >= 0.3 is 0 Å². The van der Waals surface area contributed by atoms with Crippen LogP contribution >= 0.6 is 0 Å². The van der Waals surface area contributed by atoms with E-state index in [0.29, 0.717) is 11.8 Å². The fraction of sp³-hybridized carbons (Fsp3) is 0.667. The molecule has 19 heavy (non-hydrogen) atoms. The summed E-state index contributed by atoms with van der Waals surface area (Å²) in [5.74, 6) is 1.37. The van der Waals surface area contributed by atoms with Crippen LogP contribution in [-0.2, 0) is 6.42 Å². The smallest absolute Gasteiger partial charge is 0.0690 e. The van der Waals surface area contributed by atoms with Gasteiger partial charge < -0.3 is 5.11 Å². The fourth-order valence-corrected chi connectivity index (χ4v) is 3.46. The summed E-state index contributed by atoms with van der Waals surface area (Å²) in [6.45, 7) is 8.86. The van der Waals surface area contributed by atoms with E-state index in [4.69, 9.17) is 0 Å². The zero-order chi connectivity index (χ0) is 14.0. The van der Waals surface area contributed by atoms with E-state index in [-0.39, 0.29) is 0 Å². The largest absolute Gasteiger partial charge is 0.390 e. The summed E-state index contributed by atoms with van der Waals surface area (Å²) in [7, 11) is 0. The van der Waals surface area contributed by atoms with Gasteiger partial charge in [-0.25, -0.2) is 0 Å². The number of hydrogen-bond acceptors (Lipinski definition) is 1. The molecule has 1 fully saturated rings. The third kappa shape index (κ3) is 3.60. The van der Waals surface area contributed by atoms with Crippen LogP contribution in [0.3, 0.4) is 0 Å². The molecule has 2 atom stereocenters. The average molecular weight is 260 g/mol. The quantitative estimate of drug-likeness (QED) is 0.852. The highest BCUT2D eigenvalue weighted by Crippen LogP contribution is 2.38. The Morgan fingerprint density at radius 2 is 2.05 bits per heavy atom. The molecule has 0 aliphatic heterocycles. The second-order valence-electron chi connectivity index (χ2n) is 6.93. The number of benzene rings is 1. The van der Waals surface area contributed by atoms with Crippen molar-refractivity contribution in [2.24, 2.45) is 11.8 Å². The summed E-state index contributed by atoms with van der Waals surface area (Å²) in [6.07, 6.45) is 5.21. The summed E-state index contributed by atoms with van der Waals surface area (Å²) in [6, 6.07) is 6.57. The van der Waals surface area contributed by atoms with Crippen LogP contribution in [0.4, 0.5) is 0 Å². The molecule has 0 spiro atoms. The summed E-state index contributed by atoms with van der Waals surface area (Å²) in [5.41, 5.74) is 3.45. The standard InChI is InChI=1S/C18H28O/c1-13(2)16-6-5-9-18(19,11-16)12-17-10-14(3)7-8-15(17)4/h7-8,10,13,16,19H,5-6,9,11-12H2,1-4H3. The lowest BCUT2D eigenvalue weighted by Gasteiger charge is -2.39. The Kier molecular flexibility index (Phi) is 4.35. The van der Waals surface area contributed by atoms with Crippen LogP contribution in [0, 0.1) is 25.7 Å². The zero-order valence-corrected chi connectivity index (χ0v) is 12.9. The summed E-state index contributed by atoms with van der Waals surface area (Å²) >= 11 is 0. The molecule has 1 N–H and O–H groups in total. The van der Waals surface area contributed by atoms with Crippen molar-refractivity contribution in [2.45, 2.75) is 65.4 Å². The van der Waals surface area contributed by atoms with Crippen molar-refractivity contribution in [3.63, 3.8) is 0 Å². The lowest BCUT2D eigenvalue weighted by atomic mass is 9.71. The van der Waals surface area contributed by atoms with E-state index < -0.39 is 5.60 Å². The number of rotatable bonds is 3. The predicted octanol–water partition coefficient (Wildman–Crippen LogP) is 4.42. The van der Waals surface area contributed by atoms with Gasteiger partial charge in [-0.3, -0.25) is 0 Å². The number of aliphatic hydroxyl groups is 1. The summed E-state index contributed by atoms with van der Waals surface area (Å²) in [5, 5.41) is 11.0. The van der Waals surface area contributed by atoms with Crippen molar-refractivity contribution in [1.29, 1.82) is 0 Å². The van der Waals surface area contributed by atoms with E-state index in [1.807, 2.05) is 0 Å². The minimum Gasteiger partial charge on any atom is -0.390 e. The monoisotopic (exact) mass is 260 g/mol. The van der Waals surface area contributed by atoms with Crippen molar-refractivity contribution < 1.29 is 5.11 Å². The van der Waals surface area contributed by atoms with E-state index in [1.54, 1.807) is 0 Å². The molecule has 2 rings (SSSR count). The van der Waals surface area contributed by atoms with Gasteiger partial charge in [0.1, 0.15) is 0 Å². The first-order valence-corrected chi connectivity index (χ1v) is 7.68. The van der Waals surface area contributed by atoms with Gasteiger partial charge in [-0.2, -0.15) is 0 Å². The van der Waals surface area contributed by atoms with Gasteiger partial charge in [0.25, 0.3) is 0 Å². The molecule has 1 nitrogen and oxygen atoms in total. The molecule has 1 aliphatic carbocycles. The third-order valence-corrected chi connectivity index (χ3v) is 4.83. The van der Waals surface area contributed by atoms with Crippen LogP contribution in [0.15, 0.2) is 18.2 Å². The molecule has 0 heterocycles. The van der Waals surface area contributed by atoms with Crippen molar-refractivity contribution in [2.75, 3.05) is 0 Å². The molecule has 1 saturated carbocycles. The minimum absolute atomic E-state index is 0.480. The van der Waals surface area contributed by atoms with Gasteiger partial charge in [0.05, 0.1) is 5.60 Å². The SMILES string of the molecule is Cc1ccc(C)c(CC2(O)CCCC(C(C)C)C2)c1. The number of hydrogen-bond donors (Lipinski definition) is 1. The molecule has 1 aromatic carbocycles. The Balaban J connectivity index is 2.14. The molecule has 0 saturated heterocycles. The lowest BCUT2D eigenvalue weighted by Crippen LogP contribution is -2.39. The summed E-state index contributed by atoms with van der Waals surface area (Å²) in [4.78, 5) is 0. The zero-order valence-electron chi connectivity index (χ0n) is 12.9. The van der Waals surface area contributed by atoms with Crippen LogP contribution in [0.2, 0.25) is 0 Å². The molecule has 1 aromatic rings. The Hall–Kier alpha value is -0.820. The molecule has 1 aliphatic rings. The molecule has 0 aromatic heterocycles. The summed E-state index contributed by atoms with van der Waals surface area (Å²) < 4.78 is 0. The maximum Gasteiger partial charge on any atom is 0.0690 e. The number of aryl methyl sites for hydroxylation is 2. The molecule has 106 valence electrons. The van der Waals surface area contributed by atoms with Crippen molar-refractivity contribution in [1.82, 2.24) is 0 Å². The highest BCUT2D eigenvalue weighted by atomic mass is 16.3. The first-order valence-electron chi connectivity index (χ1n) is 7.68. The van der Waals surface area contributed by atoms with Crippen molar-refractivity contribution in [3.8, 4) is 0 Å². The third-order valence-electron chi connectivity index (χ3n) is 4.83. The Bertz CT molecular complexity index is 435. The molecule has 0 bridgehead atoms. The fourth-order valence-electron chi connectivity index (χ4n) is 3.46. The van der Waals surface area contributed by atoms with E-state index in [0.717, 1.165) is 19.3 Å². The highest BCUT2D eigenvalue weighted by Gasteiger charge is 2.35. The van der Waals surface area contributed by atoms with Crippen LogP contribution in [-0.4, -0.2) is 10.7 Å². The molecular weight excluding hydrogens is 232 g/mol. The van der Waals surface area contributed by atoms with E-state index in [1.165, 1.54) is 29.5 Å². The average Bonchev–Trinajstić information content (AvgIpc) is 2.33. The van der Waals surface area contributed by atoms with Gasteiger partial charge in [0.15, 0.2) is 0 Å². The first kappa shape index (κ1) is 14.6.